The van der Waals surface area contributed by atoms with Gasteiger partial charge < -0.3 is 39.0 Å². The quantitative estimate of drug-likeness (QED) is 0.0394. The van der Waals surface area contributed by atoms with Crippen molar-refractivity contribution < 1.29 is 39.0 Å². The van der Waals surface area contributed by atoms with Crippen LogP contribution in [0.5, 0.6) is 46.0 Å². The smallest absolute Gasteiger partial charge is 0.167 e. The highest BCUT2D eigenvalue weighted by atomic mass is 16.5. The van der Waals surface area contributed by atoms with Crippen molar-refractivity contribution in [3.63, 3.8) is 0 Å². The molecule has 0 saturated heterocycles. The molecular weight excluding hydrogens is 981 g/mol. The second kappa shape index (κ2) is 33.6. The summed E-state index contributed by atoms with van der Waals surface area (Å²) < 4.78 is 28.4. The second-order valence-corrected chi connectivity index (χ2v) is 19.2. The number of nitrogens with zero attached hydrogens (tertiary/aromatic N) is 6. The lowest BCUT2D eigenvalue weighted by Gasteiger charge is -2.16. The molecule has 418 valence electrons. The Morgan fingerprint density at radius 1 is 0.500 bits per heavy atom. The van der Waals surface area contributed by atoms with E-state index in [4.69, 9.17) is 38.6 Å². The van der Waals surface area contributed by atoms with Gasteiger partial charge in [0.2, 0.25) is 0 Å². The number of aromatic hydroxyl groups is 3. The average Bonchev–Trinajstić information content (AvgIpc) is 3.49. The van der Waals surface area contributed by atoms with E-state index >= 15 is 0 Å². The Morgan fingerprint density at radius 2 is 1.06 bits per heavy atom. The molecule has 2 aromatic heterocycles. The molecule has 14 heteroatoms. The molecule has 7 aromatic rings. The van der Waals surface area contributed by atoms with Gasteiger partial charge in [-0.1, -0.05) is 143 Å². The first-order chi connectivity index (χ1) is 38.0. The Morgan fingerprint density at radius 3 is 1.56 bits per heavy atom. The van der Waals surface area contributed by atoms with Gasteiger partial charge in [0, 0.05) is 28.8 Å². The van der Waals surface area contributed by atoms with E-state index in [2.05, 4.69) is 63.9 Å². The van der Waals surface area contributed by atoms with Crippen molar-refractivity contribution in [2.75, 3.05) is 34.0 Å². The van der Waals surface area contributed by atoms with Crippen molar-refractivity contribution in [2.24, 2.45) is 11.8 Å². The number of benzene rings is 5. The van der Waals surface area contributed by atoms with E-state index in [1.807, 2.05) is 72.8 Å². The molecule has 0 aliphatic carbocycles. The first-order valence-electron chi connectivity index (χ1n) is 28.1. The summed E-state index contributed by atoms with van der Waals surface area (Å²) >= 11 is 0. The summed E-state index contributed by atoms with van der Waals surface area (Å²) in [5, 5.41) is 43.3. The summed E-state index contributed by atoms with van der Waals surface area (Å²) in [6.45, 7) is 17.1. The fourth-order valence-electron chi connectivity index (χ4n) is 8.73. The first-order valence-corrected chi connectivity index (χ1v) is 28.1. The van der Waals surface area contributed by atoms with Gasteiger partial charge in [0.25, 0.3) is 0 Å². The molecule has 5 aromatic carbocycles. The van der Waals surface area contributed by atoms with E-state index in [9.17, 15) is 15.3 Å². The molecule has 2 unspecified atom stereocenters. The van der Waals surface area contributed by atoms with E-state index in [0.29, 0.717) is 83.0 Å². The van der Waals surface area contributed by atoms with E-state index < -0.39 is 0 Å². The molecular formula is C64H84N6O8. The van der Waals surface area contributed by atoms with Gasteiger partial charge in [-0.15, -0.1) is 10.2 Å². The molecule has 0 bridgehead atoms. The molecule has 0 radical (unpaired) electrons. The van der Waals surface area contributed by atoms with Gasteiger partial charge in [-0.3, -0.25) is 0 Å². The van der Waals surface area contributed by atoms with E-state index in [1.165, 1.54) is 37.7 Å². The third kappa shape index (κ3) is 18.6. The number of unbranched alkanes of at least 4 members (excludes halogenated alkanes) is 5. The van der Waals surface area contributed by atoms with Gasteiger partial charge in [0.15, 0.2) is 34.7 Å². The van der Waals surface area contributed by atoms with Gasteiger partial charge in [0.05, 0.1) is 51.4 Å². The molecule has 0 aliphatic heterocycles. The van der Waals surface area contributed by atoms with Crippen LogP contribution in [0.3, 0.4) is 0 Å². The Kier molecular flexibility index (Phi) is 26.5. The van der Waals surface area contributed by atoms with Crippen LogP contribution in [0.1, 0.15) is 137 Å². The Balaban J connectivity index is 0.000000282. The monoisotopic (exact) mass is 1060 g/mol. The molecule has 0 saturated carbocycles. The summed E-state index contributed by atoms with van der Waals surface area (Å²) in [7, 11) is 3.20. The predicted octanol–water partition coefficient (Wildman–Crippen LogP) is 15.5. The first kappa shape index (κ1) is 61.4. The SMILES string of the molecule is CCCCC(CC)COc1ccc(-c2nc(-c3ccc(OC)cc3)nc(-c3ccc(OCC(CC)CCCC)cc3O)n2)c(O)c1.CCCCCCOc1c(O)ccc(CC)c1CC.COc1cnnnc1-c1ccccc1. The van der Waals surface area contributed by atoms with Crippen LogP contribution < -0.4 is 23.7 Å². The summed E-state index contributed by atoms with van der Waals surface area (Å²) in [6.07, 6.45) is 17.2. The maximum atomic E-state index is 11.1. The minimum atomic E-state index is -0.00143. The van der Waals surface area contributed by atoms with Crippen LogP contribution >= 0.6 is 0 Å². The van der Waals surface area contributed by atoms with E-state index in [1.54, 1.807) is 50.7 Å². The van der Waals surface area contributed by atoms with Crippen LogP contribution in [0, 0.1) is 11.8 Å². The highest BCUT2D eigenvalue weighted by Crippen LogP contribution is 2.37. The lowest BCUT2D eigenvalue weighted by atomic mass is 10.0. The van der Waals surface area contributed by atoms with Crippen LogP contribution in [-0.2, 0) is 12.8 Å². The largest absolute Gasteiger partial charge is 0.507 e. The fourth-order valence-corrected chi connectivity index (χ4v) is 8.73. The zero-order valence-corrected chi connectivity index (χ0v) is 47.6. The fraction of sp³-hybridized carbons (Fsp3) is 0.438. The van der Waals surface area contributed by atoms with Gasteiger partial charge in [-0.05, 0) is 109 Å². The van der Waals surface area contributed by atoms with Crippen LogP contribution in [-0.4, -0.2) is 79.7 Å². The molecule has 0 amide bonds. The highest BCUT2D eigenvalue weighted by molar-refractivity contribution is 5.73. The predicted molar refractivity (Wildman–Crippen MR) is 312 cm³/mol. The lowest BCUT2D eigenvalue weighted by Crippen LogP contribution is -2.11. The Hall–Kier alpha value is -7.48. The van der Waals surface area contributed by atoms with Crippen molar-refractivity contribution in [1.29, 1.82) is 0 Å². The van der Waals surface area contributed by atoms with Crippen molar-refractivity contribution >= 4 is 0 Å². The minimum Gasteiger partial charge on any atom is -0.507 e. The maximum Gasteiger partial charge on any atom is 0.167 e. The van der Waals surface area contributed by atoms with E-state index in [-0.39, 0.29) is 28.9 Å². The van der Waals surface area contributed by atoms with Crippen LogP contribution in [0.4, 0.5) is 0 Å². The Labute approximate surface area is 463 Å². The second-order valence-electron chi connectivity index (χ2n) is 19.2. The van der Waals surface area contributed by atoms with E-state index in [0.717, 1.165) is 74.5 Å². The van der Waals surface area contributed by atoms with Gasteiger partial charge in [0.1, 0.15) is 34.4 Å². The van der Waals surface area contributed by atoms with Crippen molar-refractivity contribution in [1.82, 2.24) is 30.4 Å². The minimum absolute atomic E-state index is 0.00143. The van der Waals surface area contributed by atoms with Crippen molar-refractivity contribution in [2.45, 2.75) is 138 Å². The van der Waals surface area contributed by atoms with Crippen LogP contribution in [0.2, 0.25) is 0 Å². The number of hydrogen-bond donors (Lipinski definition) is 3. The third-order valence-corrected chi connectivity index (χ3v) is 13.6. The molecule has 3 N–H and O–H groups in total. The van der Waals surface area contributed by atoms with Gasteiger partial charge in [-0.25, -0.2) is 15.0 Å². The highest BCUT2D eigenvalue weighted by Gasteiger charge is 2.19. The number of phenolic OH excluding ortho intramolecular Hbond substituents is 3. The van der Waals surface area contributed by atoms with Crippen LogP contribution in [0.15, 0.2) is 109 Å². The van der Waals surface area contributed by atoms with Crippen molar-refractivity contribution in [3.8, 4) is 91.4 Å². The number of aryl methyl sites for hydroxylation is 1. The van der Waals surface area contributed by atoms with Crippen molar-refractivity contribution in [3.05, 3.63) is 120 Å². The molecule has 0 spiro atoms. The maximum absolute atomic E-state index is 11.1. The van der Waals surface area contributed by atoms with Gasteiger partial charge >= 0.3 is 0 Å². The summed E-state index contributed by atoms with van der Waals surface area (Å²) in [4.78, 5) is 14.2. The molecule has 7 rings (SSSR count). The molecule has 2 heterocycles. The molecule has 14 nitrogen and oxygen atoms in total. The summed E-state index contributed by atoms with van der Waals surface area (Å²) in [5.74, 6) is 5.38. The normalized spacial score (nSPS) is 11.6. The zero-order chi connectivity index (χ0) is 56.1. The number of aromatic nitrogens is 6. The standard InChI is InChI=1S/C38H49N3O5.C16H26O2.C10H9N3O/c1-6-10-12-26(8-3)24-45-30-18-20-32(34(42)22-30)37-39-36(28-14-16-29(44-5)17-15-28)40-38(41-37)33-21-19-31(23-35(33)43)46-25-27(9-4)13-11-7-2;1-4-7-8-9-12-18-16-14(6-3)13(5-2)10-11-15(16)17;1-14-9-7-11-13-12-10(9)8-5-3-2-4-6-8/h14-23,26-27,42-43H,6-13,24-25H2,1-5H3;10-11,17H,4-9,12H2,1-3H3;2-7H,1H3. The van der Waals surface area contributed by atoms with Crippen LogP contribution in [0.25, 0.3) is 45.4 Å². The molecule has 2 atom stereocenters. The lowest BCUT2D eigenvalue weighted by molar-refractivity contribution is 0.232. The number of methoxy groups -OCH3 is 2. The third-order valence-electron chi connectivity index (χ3n) is 13.6. The number of phenols is 3. The molecule has 0 fully saturated rings. The van der Waals surface area contributed by atoms with Gasteiger partial charge in [-0.2, -0.15) is 0 Å². The summed E-state index contributed by atoms with van der Waals surface area (Å²) in [6, 6.07) is 31.2. The summed E-state index contributed by atoms with van der Waals surface area (Å²) in [5.41, 5.74) is 5.72. The average molecular weight is 1070 g/mol. The topological polar surface area (TPSA) is 184 Å². The molecule has 0 aliphatic rings. The Bertz CT molecular complexity index is 2740. The number of ether oxygens (including phenoxy) is 5. The number of rotatable bonds is 28. The zero-order valence-electron chi connectivity index (χ0n) is 47.6. The molecule has 78 heavy (non-hydrogen) atoms. The number of hydrogen-bond acceptors (Lipinski definition) is 14.